The van der Waals surface area contributed by atoms with E-state index in [2.05, 4.69) is 10.3 Å². The largest absolute Gasteiger partial charge is 0.494 e. The Balaban J connectivity index is 1.32. The summed E-state index contributed by atoms with van der Waals surface area (Å²) in [7, 11) is 0.925. The molecule has 0 unspecified atom stereocenters. The zero-order chi connectivity index (χ0) is 27.1. The predicted octanol–water partition coefficient (Wildman–Crippen LogP) is 4.10. The number of benzene rings is 1. The average Bonchev–Trinajstić information content (AvgIpc) is 3.62. The van der Waals surface area contributed by atoms with Crippen LogP contribution in [0.15, 0.2) is 30.5 Å². The molecule has 0 bridgehead atoms. The molecule has 2 N–H and O–H groups in total. The van der Waals surface area contributed by atoms with Crippen molar-refractivity contribution in [3.05, 3.63) is 36.3 Å². The minimum atomic E-state index is -0.910. The van der Waals surface area contributed by atoms with E-state index in [0.717, 1.165) is 54.6 Å². The van der Waals surface area contributed by atoms with E-state index in [9.17, 15) is 9.59 Å². The summed E-state index contributed by atoms with van der Waals surface area (Å²) in [5.74, 6) is 0.736. The Kier molecular flexibility index (Phi) is 7.07. The summed E-state index contributed by atoms with van der Waals surface area (Å²) in [5, 5.41) is 2.90. The third-order valence-corrected chi connectivity index (χ3v) is 8.80. The summed E-state index contributed by atoms with van der Waals surface area (Å²) in [4.78, 5) is 36.1. The fourth-order valence-electron chi connectivity index (χ4n) is 5.81. The Labute approximate surface area is 225 Å². The second-order valence-corrected chi connectivity index (χ2v) is 11.8. The molecule has 3 heterocycles. The first kappa shape index (κ1) is 26.7. The third kappa shape index (κ3) is 4.84. The highest BCUT2D eigenvalue weighted by Crippen LogP contribution is 2.38. The van der Waals surface area contributed by atoms with Crippen molar-refractivity contribution in [2.75, 3.05) is 13.7 Å². The number of aromatic amines is 1. The van der Waals surface area contributed by atoms with E-state index in [4.69, 9.17) is 19.0 Å². The molecule has 1 aromatic heterocycles. The topological polar surface area (TPSA) is 106 Å². The van der Waals surface area contributed by atoms with Gasteiger partial charge in [-0.15, -0.1) is 0 Å². The van der Waals surface area contributed by atoms with E-state index in [1.807, 2.05) is 63.1 Å². The summed E-state index contributed by atoms with van der Waals surface area (Å²) in [6.07, 6.45) is 7.19. The molecule has 1 aliphatic carbocycles. The number of methoxy groups -OCH3 is 1. The lowest BCUT2D eigenvalue weighted by Gasteiger charge is -2.40. The quantitative estimate of drug-likeness (QED) is 0.573. The molecular weight excluding hydrogens is 483 g/mol. The predicted molar refractivity (Wildman–Crippen MR) is 145 cm³/mol. The van der Waals surface area contributed by atoms with E-state index in [1.165, 1.54) is 7.11 Å². The van der Waals surface area contributed by atoms with Crippen LogP contribution in [-0.4, -0.2) is 64.4 Å². The molecule has 38 heavy (non-hydrogen) atoms. The molecule has 10 heteroatoms. The summed E-state index contributed by atoms with van der Waals surface area (Å²) >= 11 is 0. The van der Waals surface area contributed by atoms with Gasteiger partial charge >= 0.3 is 13.2 Å². The third-order valence-electron chi connectivity index (χ3n) is 8.80. The van der Waals surface area contributed by atoms with Crippen LogP contribution in [-0.2, 0) is 18.8 Å². The van der Waals surface area contributed by atoms with Crippen molar-refractivity contribution in [1.82, 2.24) is 20.2 Å². The standard InChI is InChI=1S/C28H39BN4O5/c1-26(2)27(3,4)38-29(37-26)20-13-11-19(12-14-20)21-18-30-23(31-21)22-10-9-17-33(22)24(34)28(32-25(35)36-5)15-7-6-8-16-28/h11-14,18,22H,6-10,15-17H2,1-5H3,(H,30,31)(H,32,35)/t22-/m0/s1. The highest BCUT2D eigenvalue weighted by Gasteiger charge is 2.51. The van der Waals surface area contributed by atoms with Gasteiger partial charge in [-0.3, -0.25) is 4.79 Å². The molecule has 2 amide bonds. The highest BCUT2D eigenvalue weighted by atomic mass is 16.7. The number of rotatable bonds is 5. The molecule has 3 fully saturated rings. The van der Waals surface area contributed by atoms with Gasteiger partial charge in [0, 0.05) is 18.3 Å². The summed E-state index contributed by atoms with van der Waals surface area (Å²) in [5.41, 5.74) is 1.07. The van der Waals surface area contributed by atoms with Crippen molar-refractivity contribution in [2.45, 2.75) is 95.4 Å². The number of nitrogens with one attached hydrogen (secondary N) is 2. The van der Waals surface area contributed by atoms with Crippen LogP contribution in [0.2, 0.25) is 0 Å². The molecule has 2 aromatic rings. The Hall–Kier alpha value is -2.85. The van der Waals surface area contributed by atoms with E-state index in [0.29, 0.717) is 19.4 Å². The van der Waals surface area contributed by atoms with Crippen LogP contribution < -0.4 is 10.8 Å². The molecule has 3 aliphatic rings. The normalized spacial score (nSPS) is 23.9. The van der Waals surface area contributed by atoms with E-state index in [-0.39, 0.29) is 23.2 Å². The van der Waals surface area contributed by atoms with Crippen LogP contribution in [0.5, 0.6) is 0 Å². The van der Waals surface area contributed by atoms with Crippen molar-refractivity contribution in [3.8, 4) is 11.3 Å². The van der Waals surface area contributed by atoms with Crippen LogP contribution in [0.3, 0.4) is 0 Å². The lowest BCUT2D eigenvalue weighted by Crippen LogP contribution is -2.60. The van der Waals surface area contributed by atoms with Gasteiger partial charge in [0.05, 0.1) is 30.0 Å². The number of hydrogen-bond donors (Lipinski definition) is 2. The second-order valence-electron chi connectivity index (χ2n) is 11.8. The van der Waals surface area contributed by atoms with Crippen molar-refractivity contribution in [3.63, 3.8) is 0 Å². The van der Waals surface area contributed by atoms with Gasteiger partial charge in [0.25, 0.3) is 0 Å². The Bertz CT molecular complexity index is 1160. The SMILES string of the molecule is COC(=O)NC1(C(=O)N2CCC[C@H]2c2nc(-c3ccc(B4OC(C)(C)C(C)(C)O4)cc3)c[nH]2)CCCCC1. The second kappa shape index (κ2) is 10.0. The minimum absolute atomic E-state index is 0.0326. The number of alkyl carbamates (subject to hydrolysis) is 1. The number of carbonyl (C=O) groups excluding carboxylic acids is 2. The fraction of sp³-hybridized carbons (Fsp3) is 0.607. The van der Waals surface area contributed by atoms with Crippen molar-refractivity contribution in [1.29, 1.82) is 0 Å². The first-order chi connectivity index (χ1) is 18.1. The van der Waals surface area contributed by atoms with Crippen LogP contribution >= 0.6 is 0 Å². The van der Waals surface area contributed by atoms with Gasteiger partial charge in [-0.1, -0.05) is 43.5 Å². The lowest BCUT2D eigenvalue weighted by atomic mass is 9.79. The molecule has 2 aliphatic heterocycles. The van der Waals surface area contributed by atoms with E-state index < -0.39 is 18.8 Å². The number of ether oxygens (including phenoxy) is 1. The van der Waals surface area contributed by atoms with E-state index in [1.54, 1.807) is 0 Å². The Morgan fingerprint density at radius 2 is 1.71 bits per heavy atom. The van der Waals surface area contributed by atoms with Gasteiger partial charge in [-0.2, -0.15) is 0 Å². The minimum Gasteiger partial charge on any atom is -0.453 e. The number of carbonyl (C=O) groups is 2. The molecule has 5 rings (SSSR count). The highest BCUT2D eigenvalue weighted by molar-refractivity contribution is 6.62. The molecule has 204 valence electrons. The molecule has 2 saturated heterocycles. The molecule has 1 atom stereocenters. The number of amides is 2. The van der Waals surface area contributed by atoms with E-state index >= 15 is 0 Å². The van der Waals surface area contributed by atoms with Gasteiger partial charge in [-0.25, -0.2) is 9.78 Å². The number of imidazole rings is 1. The van der Waals surface area contributed by atoms with Crippen molar-refractivity contribution in [2.24, 2.45) is 0 Å². The number of aromatic nitrogens is 2. The average molecular weight is 522 g/mol. The lowest BCUT2D eigenvalue weighted by molar-refractivity contribution is -0.140. The zero-order valence-electron chi connectivity index (χ0n) is 23.1. The van der Waals surface area contributed by atoms with Crippen molar-refractivity contribution < 1.29 is 23.6 Å². The number of likely N-dealkylation sites (tertiary alicyclic amines) is 1. The van der Waals surface area contributed by atoms with Crippen LogP contribution in [0, 0.1) is 0 Å². The summed E-state index contributed by atoms with van der Waals surface area (Å²) in [6.45, 7) is 8.83. The molecule has 1 aromatic carbocycles. The molecule has 9 nitrogen and oxygen atoms in total. The smallest absolute Gasteiger partial charge is 0.453 e. The molecule has 0 spiro atoms. The van der Waals surface area contributed by atoms with Crippen LogP contribution in [0.25, 0.3) is 11.3 Å². The number of H-pyrrole nitrogens is 1. The van der Waals surface area contributed by atoms with Crippen LogP contribution in [0.1, 0.15) is 84.5 Å². The Morgan fingerprint density at radius 1 is 1.05 bits per heavy atom. The van der Waals surface area contributed by atoms with Crippen molar-refractivity contribution >= 4 is 24.6 Å². The first-order valence-electron chi connectivity index (χ1n) is 13.7. The number of nitrogens with zero attached hydrogens (tertiary/aromatic N) is 2. The van der Waals surface area contributed by atoms with Gasteiger partial charge in [0.2, 0.25) is 5.91 Å². The maximum absolute atomic E-state index is 13.9. The van der Waals surface area contributed by atoms with Gasteiger partial charge in [0.15, 0.2) is 0 Å². The molecule has 1 saturated carbocycles. The number of hydrogen-bond acceptors (Lipinski definition) is 6. The van der Waals surface area contributed by atoms with Gasteiger partial charge in [-0.05, 0) is 58.8 Å². The monoisotopic (exact) mass is 522 g/mol. The molecular formula is C28H39BN4O5. The van der Waals surface area contributed by atoms with Crippen LogP contribution in [0.4, 0.5) is 4.79 Å². The molecule has 0 radical (unpaired) electrons. The van der Waals surface area contributed by atoms with Gasteiger partial charge < -0.3 is 29.2 Å². The van der Waals surface area contributed by atoms with Gasteiger partial charge in [0.1, 0.15) is 11.4 Å². The fourth-order valence-corrected chi connectivity index (χ4v) is 5.81. The summed E-state index contributed by atoms with van der Waals surface area (Å²) in [6, 6.07) is 7.92. The Morgan fingerprint density at radius 3 is 2.34 bits per heavy atom. The maximum atomic E-state index is 13.9. The maximum Gasteiger partial charge on any atom is 0.494 e. The zero-order valence-corrected chi connectivity index (χ0v) is 23.1. The summed E-state index contributed by atoms with van der Waals surface area (Å²) < 4.78 is 17.2. The first-order valence-corrected chi connectivity index (χ1v) is 13.7.